The van der Waals surface area contributed by atoms with Gasteiger partial charge in [-0.25, -0.2) is 9.78 Å². The van der Waals surface area contributed by atoms with Crippen LogP contribution in [0.3, 0.4) is 0 Å². The smallest absolute Gasteiger partial charge is 0.407 e. The van der Waals surface area contributed by atoms with Crippen LogP contribution in [0, 0.1) is 24.2 Å². The third kappa shape index (κ3) is 7.20. The van der Waals surface area contributed by atoms with E-state index in [1.165, 1.54) is 0 Å². The number of nitrogens with one attached hydrogen (secondary N) is 1. The number of hydrogen-bond donors (Lipinski definition) is 2. The van der Waals surface area contributed by atoms with Crippen molar-refractivity contribution >= 4 is 28.7 Å². The van der Waals surface area contributed by atoms with E-state index in [0.29, 0.717) is 11.4 Å². The Bertz CT molecular complexity index is 1650. The normalized spacial score (nSPS) is 11.8. The van der Waals surface area contributed by atoms with Crippen molar-refractivity contribution in [1.82, 2.24) is 14.9 Å². The van der Waals surface area contributed by atoms with E-state index in [-0.39, 0.29) is 17.8 Å². The van der Waals surface area contributed by atoms with Crippen LogP contribution in [0.1, 0.15) is 44.6 Å². The first-order valence-corrected chi connectivity index (χ1v) is 13.3. The van der Waals surface area contributed by atoms with E-state index in [1.54, 1.807) is 20.1 Å². The molecule has 2 aromatic heterocycles. The third-order valence-electron chi connectivity index (χ3n) is 6.40. The van der Waals surface area contributed by atoms with Crippen LogP contribution in [0.5, 0.6) is 5.75 Å². The summed E-state index contributed by atoms with van der Waals surface area (Å²) in [5.41, 5.74) is 4.11. The molecule has 0 aliphatic rings. The van der Waals surface area contributed by atoms with E-state index in [4.69, 9.17) is 4.74 Å². The summed E-state index contributed by atoms with van der Waals surface area (Å²) in [6.07, 6.45) is -1.16. The molecular weight excluding hydrogens is 516 g/mol. The van der Waals surface area contributed by atoms with Gasteiger partial charge in [0.2, 0.25) is 5.91 Å². The Hall–Kier alpha value is -4.90. The molecule has 0 aliphatic carbocycles. The van der Waals surface area contributed by atoms with Crippen molar-refractivity contribution in [2.45, 2.75) is 40.7 Å². The van der Waals surface area contributed by atoms with E-state index in [0.717, 1.165) is 38.2 Å². The number of aryl methyl sites for hydroxylation is 1. The highest BCUT2D eigenvalue weighted by molar-refractivity contribution is 6.00. The second-order valence-corrected chi connectivity index (χ2v) is 11.0. The van der Waals surface area contributed by atoms with Crippen molar-refractivity contribution in [2.24, 2.45) is 5.41 Å². The number of benzene rings is 2. The van der Waals surface area contributed by atoms with Gasteiger partial charge in [0.1, 0.15) is 23.3 Å². The second kappa shape index (κ2) is 12.1. The quantitative estimate of drug-likeness (QED) is 0.271. The molecule has 1 atom stereocenters. The molecule has 0 saturated heterocycles. The number of nitrogens with zero attached hydrogens (tertiary/aromatic N) is 3. The molecule has 8 nitrogen and oxygen atoms in total. The Morgan fingerprint density at radius 3 is 2.41 bits per heavy atom. The number of rotatable bonds is 6. The van der Waals surface area contributed by atoms with Gasteiger partial charge >= 0.3 is 6.09 Å². The summed E-state index contributed by atoms with van der Waals surface area (Å²) < 4.78 is 5.73. The lowest BCUT2D eigenvalue weighted by molar-refractivity contribution is -0.120. The minimum Gasteiger partial charge on any atom is -0.496 e. The van der Waals surface area contributed by atoms with Crippen molar-refractivity contribution in [1.29, 1.82) is 0 Å². The molecule has 0 fully saturated rings. The molecule has 0 radical (unpaired) electrons. The van der Waals surface area contributed by atoms with Gasteiger partial charge in [-0.1, -0.05) is 51.0 Å². The van der Waals surface area contributed by atoms with E-state index in [2.05, 4.69) is 27.1 Å². The van der Waals surface area contributed by atoms with E-state index < -0.39 is 18.0 Å². The van der Waals surface area contributed by atoms with E-state index >= 15 is 0 Å². The summed E-state index contributed by atoms with van der Waals surface area (Å²) in [4.78, 5) is 35.7. The first-order valence-electron chi connectivity index (χ1n) is 13.3. The number of hydrogen-bond acceptors (Lipinski definition) is 5. The Morgan fingerprint density at radius 2 is 1.76 bits per heavy atom. The van der Waals surface area contributed by atoms with Crippen LogP contribution in [0.15, 0.2) is 66.7 Å². The fraction of sp³-hybridized carbons (Fsp3) is 0.273. The summed E-state index contributed by atoms with van der Waals surface area (Å²) in [7, 11) is 1.60. The number of carboxylic acid groups (broad SMARTS) is 1. The minimum atomic E-state index is -1.16. The Labute approximate surface area is 240 Å². The standard InChI is InChI=1S/C33H34N4O4/c1-21-12-15-26-27(34-21)16-17-28(41-6)30(26)24-18-25(14-13-23-10-8-7-9-11-23)35-29(19-24)36-31(38)22(2)37(32(39)40)20-33(3,4)5/h7-12,15-19,22H,20H2,1-6H3,(H,39,40)(H,35,36,38). The van der Waals surface area contributed by atoms with E-state index in [1.807, 2.05) is 88.4 Å². The van der Waals surface area contributed by atoms with Crippen molar-refractivity contribution in [3.8, 4) is 28.7 Å². The van der Waals surface area contributed by atoms with Gasteiger partial charge < -0.3 is 15.2 Å². The molecule has 8 heteroatoms. The van der Waals surface area contributed by atoms with Crippen molar-refractivity contribution in [3.63, 3.8) is 0 Å². The van der Waals surface area contributed by atoms with Gasteiger partial charge in [-0.3, -0.25) is 14.7 Å². The number of amides is 2. The number of ether oxygens (including phenoxy) is 1. The topological polar surface area (TPSA) is 105 Å². The number of aromatic nitrogens is 2. The molecule has 0 spiro atoms. The summed E-state index contributed by atoms with van der Waals surface area (Å²) >= 11 is 0. The lowest BCUT2D eigenvalue weighted by Crippen LogP contribution is -2.48. The molecule has 2 aromatic carbocycles. The Kier molecular flexibility index (Phi) is 8.58. The highest BCUT2D eigenvalue weighted by atomic mass is 16.5. The maximum atomic E-state index is 13.3. The Balaban J connectivity index is 1.82. The first kappa shape index (κ1) is 29.1. The zero-order valence-corrected chi connectivity index (χ0v) is 24.1. The van der Waals surface area contributed by atoms with Crippen LogP contribution >= 0.6 is 0 Å². The van der Waals surface area contributed by atoms with Crippen LogP contribution in [0.25, 0.3) is 22.0 Å². The number of carbonyl (C=O) groups excluding carboxylic acids is 1. The summed E-state index contributed by atoms with van der Waals surface area (Å²) in [5.74, 6) is 6.61. The highest BCUT2D eigenvalue weighted by Crippen LogP contribution is 2.37. The van der Waals surface area contributed by atoms with Crippen LogP contribution in [0.4, 0.5) is 10.6 Å². The second-order valence-electron chi connectivity index (χ2n) is 11.0. The maximum Gasteiger partial charge on any atom is 0.407 e. The van der Waals surface area contributed by atoms with Gasteiger partial charge in [0.05, 0.1) is 12.6 Å². The van der Waals surface area contributed by atoms with Gasteiger partial charge in [0, 0.05) is 28.8 Å². The molecule has 0 saturated carbocycles. The molecule has 2 N–H and O–H groups in total. The summed E-state index contributed by atoms with van der Waals surface area (Å²) in [6.45, 7) is 9.45. The van der Waals surface area contributed by atoms with Gasteiger partial charge in [0.15, 0.2) is 0 Å². The zero-order valence-electron chi connectivity index (χ0n) is 24.1. The van der Waals surface area contributed by atoms with Crippen molar-refractivity contribution < 1.29 is 19.4 Å². The lowest BCUT2D eigenvalue weighted by atomic mass is 9.95. The summed E-state index contributed by atoms with van der Waals surface area (Å²) in [5, 5.41) is 13.5. The maximum absolute atomic E-state index is 13.3. The van der Waals surface area contributed by atoms with Gasteiger partial charge in [-0.2, -0.15) is 0 Å². The highest BCUT2D eigenvalue weighted by Gasteiger charge is 2.30. The molecular formula is C33H34N4O4. The number of methoxy groups -OCH3 is 1. The molecule has 210 valence electrons. The third-order valence-corrected chi connectivity index (χ3v) is 6.40. The largest absolute Gasteiger partial charge is 0.496 e. The fourth-order valence-corrected chi connectivity index (χ4v) is 4.47. The Morgan fingerprint density at radius 1 is 1.02 bits per heavy atom. The van der Waals surface area contributed by atoms with Gasteiger partial charge in [0.25, 0.3) is 0 Å². The SMILES string of the molecule is COc1ccc2nc(C)ccc2c1-c1cc(C#Cc2ccccc2)nc(NC(=O)C(C)N(CC(C)(C)C)C(=O)O)c1. The fourth-order valence-electron chi connectivity index (χ4n) is 4.47. The van der Waals surface area contributed by atoms with Gasteiger partial charge in [-0.05, 0) is 73.2 Å². The van der Waals surface area contributed by atoms with Crippen LogP contribution < -0.4 is 10.1 Å². The molecule has 1 unspecified atom stereocenters. The molecule has 2 amide bonds. The number of fused-ring (bicyclic) bond motifs is 1. The average Bonchev–Trinajstić information content (AvgIpc) is 2.93. The van der Waals surface area contributed by atoms with Crippen LogP contribution in [0.2, 0.25) is 0 Å². The summed E-state index contributed by atoms with van der Waals surface area (Å²) in [6, 6.07) is 19.9. The minimum absolute atomic E-state index is 0.192. The predicted octanol–water partition coefficient (Wildman–Crippen LogP) is 6.37. The first-order chi connectivity index (χ1) is 19.4. The molecule has 0 aliphatic heterocycles. The predicted molar refractivity (Wildman–Crippen MR) is 161 cm³/mol. The number of pyridine rings is 2. The van der Waals surface area contributed by atoms with Crippen LogP contribution in [-0.2, 0) is 4.79 Å². The number of carbonyl (C=O) groups is 2. The van der Waals surface area contributed by atoms with E-state index in [9.17, 15) is 14.7 Å². The zero-order chi connectivity index (χ0) is 29.7. The molecule has 2 heterocycles. The molecule has 4 rings (SSSR count). The lowest BCUT2D eigenvalue weighted by Gasteiger charge is -2.31. The number of anilines is 1. The van der Waals surface area contributed by atoms with Crippen molar-refractivity contribution in [3.05, 3.63) is 83.7 Å². The van der Waals surface area contributed by atoms with Crippen LogP contribution in [-0.4, -0.2) is 51.7 Å². The molecule has 4 aromatic rings. The molecule has 0 bridgehead atoms. The molecule has 41 heavy (non-hydrogen) atoms. The average molecular weight is 551 g/mol. The van der Waals surface area contributed by atoms with Gasteiger partial charge in [-0.15, -0.1) is 0 Å². The van der Waals surface area contributed by atoms with Crippen molar-refractivity contribution in [2.75, 3.05) is 19.0 Å². The monoisotopic (exact) mass is 550 g/mol.